The van der Waals surface area contributed by atoms with Gasteiger partial charge in [0, 0.05) is 5.69 Å². The van der Waals surface area contributed by atoms with Gasteiger partial charge in [-0.15, -0.1) is 5.10 Å². The van der Waals surface area contributed by atoms with Gasteiger partial charge < -0.3 is 0 Å². The van der Waals surface area contributed by atoms with Gasteiger partial charge in [-0.05, 0) is 31.9 Å². The highest BCUT2D eigenvalue weighted by molar-refractivity contribution is 5.43. The van der Waals surface area contributed by atoms with E-state index in [9.17, 15) is 0 Å². The molecular weight excluding hydrogens is 214 g/mol. The van der Waals surface area contributed by atoms with E-state index in [1.54, 1.807) is 10.7 Å². The molecule has 0 aliphatic rings. The number of hydrogen-bond donors (Lipinski definition) is 0. The van der Waals surface area contributed by atoms with Gasteiger partial charge >= 0.3 is 0 Å². The first-order valence-corrected chi connectivity index (χ1v) is 5.46. The van der Waals surface area contributed by atoms with Crippen LogP contribution in [0.5, 0.6) is 0 Å². The largest absolute Gasteiger partial charge is 0.216 e. The van der Waals surface area contributed by atoms with Gasteiger partial charge in [-0.1, -0.05) is 6.92 Å². The molecule has 0 atom stereocenters. The summed E-state index contributed by atoms with van der Waals surface area (Å²) in [6, 6.07) is 3.75. The van der Waals surface area contributed by atoms with Crippen LogP contribution in [0.25, 0.3) is 5.82 Å². The second kappa shape index (κ2) is 4.34. The Kier molecular flexibility index (Phi) is 2.88. The molecule has 2 aromatic rings. The Balaban J connectivity index is 2.66. The first-order chi connectivity index (χ1) is 8.19. The van der Waals surface area contributed by atoms with Crippen LogP contribution in [0.3, 0.4) is 0 Å². The molecule has 0 N–H and O–H groups in total. The molecule has 0 spiro atoms. The Bertz CT molecular complexity index is 591. The Morgan fingerprint density at radius 1 is 1.41 bits per heavy atom. The van der Waals surface area contributed by atoms with Crippen molar-refractivity contribution in [3.05, 3.63) is 34.8 Å². The second-order valence-corrected chi connectivity index (χ2v) is 3.80. The molecule has 0 unspecified atom stereocenters. The minimum Gasteiger partial charge on any atom is -0.216 e. The molecule has 2 rings (SSSR count). The van der Waals surface area contributed by atoms with Crippen molar-refractivity contribution < 1.29 is 0 Å². The molecular formula is C12H13N5. The molecule has 17 heavy (non-hydrogen) atoms. The van der Waals surface area contributed by atoms with E-state index in [1.165, 1.54) is 11.8 Å². The van der Waals surface area contributed by atoms with Crippen molar-refractivity contribution in [3.63, 3.8) is 0 Å². The molecule has 0 bridgehead atoms. The van der Waals surface area contributed by atoms with Gasteiger partial charge in [0.15, 0.2) is 5.82 Å². The van der Waals surface area contributed by atoms with Gasteiger partial charge in [0.25, 0.3) is 0 Å². The summed E-state index contributed by atoms with van der Waals surface area (Å²) in [5, 5.41) is 21.3. The number of aryl methyl sites for hydroxylation is 1. The Labute approximate surface area is 99.7 Å². The van der Waals surface area contributed by atoms with Crippen LogP contribution >= 0.6 is 0 Å². The third-order valence-electron chi connectivity index (χ3n) is 2.82. The maximum Gasteiger partial charge on any atom is 0.193 e. The SMILES string of the molecule is CCc1c(C)nn(-c2nnccc2C#N)c1C. The highest BCUT2D eigenvalue weighted by atomic mass is 15.3. The van der Waals surface area contributed by atoms with E-state index in [0.717, 1.165) is 17.8 Å². The van der Waals surface area contributed by atoms with Crippen LogP contribution in [0.15, 0.2) is 12.3 Å². The lowest BCUT2D eigenvalue weighted by atomic mass is 10.1. The first-order valence-electron chi connectivity index (χ1n) is 5.46. The lowest BCUT2D eigenvalue weighted by Crippen LogP contribution is -2.06. The zero-order valence-corrected chi connectivity index (χ0v) is 10.1. The topological polar surface area (TPSA) is 67.4 Å². The summed E-state index contributed by atoms with van der Waals surface area (Å²) in [4.78, 5) is 0. The molecule has 0 aliphatic carbocycles. The molecule has 86 valence electrons. The molecule has 0 aliphatic heterocycles. The summed E-state index contributed by atoms with van der Waals surface area (Å²) < 4.78 is 1.69. The quantitative estimate of drug-likeness (QED) is 0.783. The molecule has 2 aromatic heterocycles. The second-order valence-electron chi connectivity index (χ2n) is 3.80. The van der Waals surface area contributed by atoms with Crippen molar-refractivity contribution in [3.8, 4) is 11.9 Å². The van der Waals surface area contributed by atoms with Crippen molar-refractivity contribution in [2.24, 2.45) is 0 Å². The van der Waals surface area contributed by atoms with Gasteiger partial charge in [0.1, 0.15) is 11.6 Å². The number of hydrogen-bond acceptors (Lipinski definition) is 4. The molecule has 0 fully saturated rings. The summed E-state index contributed by atoms with van der Waals surface area (Å²) in [6.07, 6.45) is 2.42. The summed E-state index contributed by atoms with van der Waals surface area (Å²) in [5.41, 5.74) is 3.66. The number of nitrogens with zero attached hydrogens (tertiary/aromatic N) is 5. The Morgan fingerprint density at radius 3 is 2.76 bits per heavy atom. The fourth-order valence-electron chi connectivity index (χ4n) is 1.96. The predicted octanol–water partition coefficient (Wildman–Crippen LogP) is 1.71. The maximum absolute atomic E-state index is 9.05. The van der Waals surface area contributed by atoms with Crippen LogP contribution in [0, 0.1) is 25.2 Å². The molecule has 5 heteroatoms. The molecule has 0 saturated carbocycles. The molecule has 0 radical (unpaired) electrons. The highest BCUT2D eigenvalue weighted by Gasteiger charge is 2.14. The lowest BCUT2D eigenvalue weighted by Gasteiger charge is -2.04. The average Bonchev–Trinajstić information content (AvgIpc) is 2.64. The highest BCUT2D eigenvalue weighted by Crippen LogP contribution is 2.18. The Morgan fingerprint density at radius 2 is 2.18 bits per heavy atom. The van der Waals surface area contributed by atoms with E-state index in [2.05, 4.69) is 28.3 Å². The summed E-state index contributed by atoms with van der Waals surface area (Å²) >= 11 is 0. The number of nitriles is 1. The molecule has 0 aromatic carbocycles. The van der Waals surface area contributed by atoms with E-state index < -0.39 is 0 Å². The normalized spacial score (nSPS) is 10.2. The number of aromatic nitrogens is 4. The van der Waals surface area contributed by atoms with Gasteiger partial charge in [0.2, 0.25) is 0 Å². The third kappa shape index (κ3) is 1.78. The average molecular weight is 227 g/mol. The van der Waals surface area contributed by atoms with Gasteiger partial charge in [0.05, 0.1) is 11.9 Å². The van der Waals surface area contributed by atoms with E-state index in [0.29, 0.717) is 11.4 Å². The van der Waals surface area contributed by atoms with E-state index >= 15 is 0 Å². The van der Waals surface area contributed by atoms with Crippen LogP contribution in [-0.2, 0) is 6.42 Å². The minimum absolute atomic E-state index is 0.480. The van der Waals surface area contributed by atoms with Crippen LogP contribution in [0.4, 0.5) is 0 Å². The molecule has 5 nitrogen and oxygen atoms in total. The molecule has 2 heterocycles. The zero-order chi connectivity index (χ0) is 12.4. The molecule has 0 amide bonds. The lowest BCUT2D eigenvalue weighted by molar-refractivity contribution is 0.777. The van der Waals surface area contributed by atoms with Crippen molar-refractivity contribution in [1.29, 1.82) is 5.26 Å². The van der Waals surface area contributed by atoms with Crippen molar-refractivity contribution in [2.45, 2.75) is 27.2 Å². The van der Waals surface area contributed by atoms with Crippen LogP contribution < -0.4 is 0 Å². The van der Waals surface area contributed by atoms with Crippen LogP contribution in [0.1, 0.15) is 29.4 Å². The fraction of sp³-hybridized carbons (Fsp3) is 0.333. The third-order valence-corrected chi connectivity index (χ3v) is 2.82. The Hall–Kier alpha value is -2.22. The summed E-state index contributed by atoms with van der Waals surface area (Å²) in [5.74, 6) is 0.496. The van der Waals surface area contributed by atoms with Crippen LogP contribution in [-0.4, -0.2) is 20.0 Å². The standard InChI is InChI=1S/C12H13N5/c1-4-11-8(2)16-17(9(11)3)12-10(7-13)5-6-14-15-12/h5-6H,4H2,1-3H3. The van der Waals surface area contributed by atoms with Gasteiger partial charge in [-0.3, -0.25) is 0 Å². The van der Waals surface area contributed by atoms with E-state index in [-0.39, 0.29) is 0 Å². The minimum atomic E-state index is 0.480. The molecule has 0 saturated heterocycles. The summed E-state index contributed by atoms with van der Waals surface area (Å²) in [6.45, 7) is 6.03. The smallest absolute Gasteiger partial charge is 0.193 e. The van der Waals surface area contributed by atoms with E-state index in [4.69, 9.17) is 5.26 Å². The number of rotatable bonds is 2. The fourth-order valence-corrected chi connectivity index (χ4v) is 1.96. The first kappa shape index (κ1) is 11.3. The van der Waals surface area contributed by atoms with Gasteiger partial charge in [-0.25, -0.2) is 4.68 Å². The zero-order valence-electron chi connectivity index (χ0n) is 10.1. The van der Waals surface area contributed by atoms with Gasteiger partial charge in [-0.2, -0.15) is 15.5 Å². The van der Waals surface area contributed by atoms with Crippen molar-refractivity contribution >= 4 is 0 Å². The van der Waals surface area contributed by atoms with Crippen molar-refractivity contribution in [2.75, 3.05) is 0 Å². The maximum atomic E-state index is 9.05. The van der Waals surface area contributed by atoms with Crippen LogP contribution in [0.2, 0.25) is 0 Å². The summed E-state index contributed by atoms with van der Waals surface area (Å²) in [7, 11) is 0. The monoisotopic (exact) mass is 227 g/mol. The van der Waals surface area contributed by atoms with E-state index in [1.807, 2.05) is 13.8 Å². The van der Waals surface area contributed by atoms with Crippen molar-refractivity contribution in [1.82, 2.24) is 20.0 Å². The predicted molar refractivity (Wildman–Crippen MR) is 62.7 cm³/mol.